The van der Waals surface area contributed by atoms with Crippen LogP contribution in [0.3, 0.4) is 0 Å². The zero-order valence-electron chi connectivity index (χ0n) is 16.9. The van der Waals surface area contributed by atoms with Crippen molar-refractivity contribution in [3.05, 3.63) is 64.2 Å². The summed E-state index contributed by atoms with van der Waals surface area (Å²) in [4.78, 5) is 19.7. The van der Waals surface area contributed by atoms with Crippen molar-refractivity contribution in [1.82, 2.24) is 19.7 Å². The fraction of sp³-hybridized carbons (Fsp3) is 0.227. The molecular formula is C22H21ClN6O2. The van der Waals surface area contributed by atoms with Crippen molar-refractivity contribution in [3.63, 3.8) is 0 Å². The molecule has 1 aliphatic heterocycles. The molecule has 0 atom stereocenters. The standard InChI is InChI=1S/C22H21ClN6O2/c1-28-20-10-14(15-12-24-25-13-15)2-4-18(20)27-21(22(28)30)26-16-3-5-19(17(23)11-16)29-6-8-31-9-7-29/h2-5,10-13H,6-9H2,1H3,(H,24,25)(H,26,27). The summed E-state index contributed by atoms with van der Waals surface area (Å²) in [7, 11) is 1.74. The zero-order valence-corrected chi connectivity index (χ0v) is 17.7. The second-order valence-corrected chi connectivity index (χ2v) is 7.81. The van der Waals surface area contributed by atoms with Crippen LogP contribution in [-0.4, -0.2) is 46.1 Å². The Hall–Kier alpha value is -3.36. The SMILES string of the molecule is Cn1c(=O)c(Nc2ccc(N3CCOCC3)c(Cl)c2)nc2ccc(-c3cn[nH]c3)cc21. The summed E-state index contributed by atoms with van der Waals surface area (Å²) in [6, 6.07) is 11.5. The van der Waals surface area contributed by atoms with Crippen molar-refractivity contribution >= 4 is 39.8 Å². The highest BCUT2D eigenvalue weighted by molar-refractivity contribution is 6.33. The summed E-state index contributed by atoms with van der Waals surface area (Å²) in [5, 5.41) is 10.5. The monoisotopic (exact) mass is 436 g/mol. The molecule has 5 rings (SSSR count). The molecule has 8 nitrogen and oxygen atoms in total. The highest BCUT2D eigenvalue weighted by atomic mass is 35.5. The summed E-state index contributed by atoms with van der Waals surface area (Å²) >= 11 is 6.53. The lowest BCUT2D eigenvalue weighted by molar-refractivity contribution is 0.122. The molecule has 0 amide bonds. The molecule has 9 heteroatoms. The van der Waals surface area contributed by atoms with E-state index in [-0.39, 0.29) is 11.4 Å². The third-order valence-corrected chi connectivity index (χ3v) is 5.77. The predicted molar refractivity (Wildman–Crippen MR) is 122 cm³/mol. The summed E-state index contributed by atoms with van der Waals surface area (Å²) in [5.74, 6) is 0.251. The van der Waals surface area contributed by atoms with Crippen LogP contribution < -0.4 is 15.8 Å². The number of anilines is 3. The molecule has 0 unspecified atom stereocenters. The summed E-state index contributed by atoms with van der Waals surface area (Å²) in [5.41, 5.74) is 4.83. The van der Waals surface area contributed by atoms with Crippen molar-refractivity contribution in [1.29, 1.82) is 0 Å². The van der Waals surface area contributed by atoms with Crippen LogP contribution in [0.15, 0.2) is 53.6 Å². The lowest BCUT2D eigenvalue weighted by Gasteiger charge is -2.29. The Kier molecular flexibility index (Phi) is 5.09. The molecule has 4 aromatic rings. The number of H-pyrrole nitrogens is 1. The molecule has 0 spiro atoms. The van der Waals surface area contributed by atoms with Gasteiger partial charge < -0.3 is 19.5 Å². The van der Waals surface area contributed by atoms with Gasteiger partial charge in [0, 0.05) is 37.6 Å². The predicted octanol–water partition coefficient (Wildman–Crippen LogP) is 3.56. The van der Waals surface area contributed by atoms with Gasteiger partial charge in [-0.05, 0) is 35.9 Å². The smallest absolute Gasteiger partial charge is 0.293 e. The van der Waals surface area contributed by atoms with Crippen molar-refractivity contribution in [2.24, 2.45) is 7.05 Å². The molecule has 3 heterocycles. The first-order chi connectivity index (χ1) is 15.1. The highest BCUT2D eigenvalue weighted by Crippen LogP contribution is 2.30. The second-order valence-electron chi connectivity index (χ2n) is 7.41. The number of nitrogens with one attached hydrogen (secondary N) is 2. The Bertz CT molecular complexity index is 1300. The molecule has 0 aliphatic carbocycles. The molecule has 1 fully saturated rings. The summed E-state index contributed by atoms with van der Waals surface area (Å²) in [6.45, 7) is 2.99. The maximum atomic E-state index is 12.9. The van der Waals surface area contributed by atoms with Gasteiger partial charge in [0.25, 0.3) is 5.56 Å². The van der Waals surface area contributed by atoms with Crippen LogP contribution in [0.2, 0.25) is 5.02 Å². The maximum absolute atomic E-state index is 12.9. The quantitative estimate of drug-likeness (QED) is 0.508. The third-order valence-electron chi connectivity index (χ3n) is 5.47. The van der Waals surface area contributed by atoms with E-state index in [1.807, 2.05) is 42.6 Å². The number of aromatic nitrogens is 4. The molecule has 1 aliphatic rings. The number of nitrogens with zero attached hydrogens (tertiary/aromatic N) is 4. The van der Waals surface area contributed by atoms with Gasteiger partial charge in [-0.2, -0.15) is 5.10 Å². The average Bonchev–Trinajstić information content (AvgIpc) is 3.33. The largest absolute Gasteiger partial charge is 0.378 e. The van der Waals surface area contributed by atoms with Crippen molar-refractivity contribution in [2.75, 3.05) is 36.5 Å². The van der Waals surface area contributed by atoms with Gasteiger partial charge in [-0.1, -0.05) is 17.7 Å². The van der Waals surface area contributed by atoms with E-state index >= 15 is 0 Å². The lowest BCUT2D eigenvalue weighted by atomic mass is 10.1. The van der Waals surface area contributed by atoms with Crippen LogP contribution in [0, 0.1) is 0 Å². The van der Waals surface area contributed by atoms with Crippen LogP contribution in [-0.2, 0) is 11.8 Å². The van der Waals surface area contributed by atoms with Crippen LogP contribution >= 0.6 is 11.6 Å². The van der Waals surface area contributed by atoms with Crippen LogP contribution in [0.5, 0.6) is 0 Å². The molecule has 158 valence electrons. The van der Waals surface area contributed by atoms with Crippen LogP contribution in [0.1, 0.15) is 0 Å². The summed E-state index contributed by atoms with van der Waals surface area (Å²) in [6.07, 6.45) is 3.56. The average molecular weight is 437 g/mol. The maximum Gasteiger partial charge on any atom is 0.293 e. The molecule has 2 aromatic carbocycles. The number of fused-ring (bicyclic) bond motifs is 1. The van der Waals surface area contributed by atoms with Crippen molar-refractivity contribution < 1.29 is 4.74 Å². The number of rotatable bonds is 4. The molecule has 0 radical (unpaired) electrons. The minimum atomic E-state index is -0.217. The minimum absolute atomic E-state index is 0.217. The van der Waals surface area contributed by atoms with Gasteiger partial charge in [0.15, 0.2) is 5.82 Å². The molecular weight excluding hydrogens is 416 g/mol. The van der Waals surface area contributed by atoms with Crippen molar-refractivity contribution in [2.45, 2.75) is 0 Å². The van der Waals surface area contributed by atoms with Gasteiger partial charge in [-0.25, -0.2) is 4.98 Å². The number of ether oxygens (including phenoxy) is 1. The number of morpholine rings is 1. The topological polar surface area (TPSA) is 88.1 Å². The fourth-order valence-electron chi connectivity index (χ4n) is 3.77. The number of benzene rings is 2. The first kappa shape index (κ1) is 19.6. The van der Waals surface area contributed by atoms with Gasteiger partial charge in [0.2, 0.25) is 0 Å². The van der Waals surface area contributed by atoms with Gasteiger partial charge in [-0.3, -0.25) is 9.89 Å². The van der Waals surface area contributed by atoms with E-state index in [0.29, 0.717) is 29.4 Å². The Morgan fingerprint density at radius 2 is 1.97 bits per heavy atom. The number of aromatic amines is 1. The van der Waals surface area contributed by atoms with Gasteiger partial charge in [-0.15, -0.1) is 0 Å². The number of hydrogen-bond acceptors (Lipinski definition) is 6. The fourth-order valence-corrected chi connectivity index (χ4v) is 4.08. The van der Waals surface area contributed by atoms with Crippen molar-refractivity contribution in [3.8, 4) is 11.1 Å². The Labute approximate surface area is 183 Å². The van der Waals surface area contributed by atoms with Gasteiger partial charge in [0.1, 0.15) is 0 Å². The molecule has 1 saturated heterocycles. The molecule has 2 N–H and O–H groups in total. The third kappa shape index (κ3) is 3.75. The van der Waals surface area contributed by atoms with E-state index < -0.39 is 0 Å². The molecule has 0 saturated carbocycles. The number of aryl methyl sites for hydroxylation is 1. The van der Waals surface area contributed by atoms with E-state index in [9.17, 15) is 4.79 Å². The van der Waals surface area contributed by atoms with E-state index in [1.165, 1.54) is 0 Å². The first-order valence-corrected chi connectivity index (χ1v) is 10.4. The minimum Gasteiger partial charge on any atom is -0.378 e. The normalized spacial score (nSPS) is 14.2. The van der Waals surface area contributed by atoms with Gasteiger partial charge in [0.05, 0.1) is 41.2 Å². The summed E-state index contributed by atoms with van der Waals surface area (Å²) < 4.78 is 7.00. The lowest BCUT2D eigenvalue weighted by Crippen LogP contribution is -2.36. The molecule has 0 bridgehead atoms. The van der Waals surface area contributed by atoms with E-state index in [2.05, 4.69) is 25.4 Å². The van der Waals surface area contributed by atoms with E-state index in [1.54, 1.807) is 17.8 Å². The molecule has 2 aromatic heterocycles. The highest BCUT2D eigenvalue weighted by Gasteiger charge is 2.15. The zero-order chi connectivity index (χ0) is 21.4. The van der Waals surface area contributed by atoms with Crippen LogP contribution in [0.25, 0.3) is 22.2 Å². The Morgan fingerprint density at radius 1 is 1.13 bits per heavy atom. The number of halogens is 1. The second kappa shape index (κ2) is 8.05. The van der Waals surface area contributed by atoms with E-state index in [4.69, 9.17) is 16.3 Å². The number of hydrogen-bond donors (Lipinski definition) is 2. The Morgan fingerprint density at radius 3 is 2.71 bits per heavy atom. The molecule has 31 heavy (non-hydrogen) atoms. The van der Waals surface area contributed by atoms with E-state index in [0.717, 1.165) is 35.4 Å². The first-order valence-electron chi connectivity index (χ1n) is 9.99. The van der Waals surface area contributed by atoms with Gasteiger partial charge >= 0.3 is 0 Å². The Balaban J connectivity index is 1.46. The van der Waals surface area contributed by atoms with Crippen LogP contribution in [0.4, 0.5) is 17.2 Å².